The number of nitrogens with zero attached hydrogens (tertiary/aromatic N) is 2. The van der Waals surface area contributed by atoms with Gasteiger partial charge in [0.25, 0.3) is 6.43 Å². The Morgan fingerprint density at radius 1 is 1.67 bits per heavy atom. The van der Waals surface area contributed by atoms with Crippen LogP contribution in [-0.4, -0.2) is 11.3 Å². The molecule has 0 aliphatic rings. The third kappa shape index (κ3) is 2.36. The lowest BCUT2D eigenvalue weighted by Crippen LogP contribution is -2.03. The van der Waals surface area contributed by atoms with Crippen molar-refractivity contribution >= 4 is 22.2 Å². The SMILES string of the molecule is N#Cc1cc(C=O)c(CBr)c(C(F)F)n1. The number of rotatable bonds is 3. The van der Waals surface area contributed by atoms with Crippen LogP contribution in [0.2, 0.25) is 0 Å². The minimum absolute atomic E-state index is 0.0636. The highest BCUT2D eigenvalue weighted by Crippen LogP contribution is 2.25. The van der Waals surface area contributed by atoms with E-state index < -0.39 is 12.1 Å². The van der Waals surface area contributed by atoms with Gasteiger partial charge in [0.05, 0.1) is 0 Å². The molecule has 0 spiro atoms. The number of hydrogen-bond donors (Lipinski definition) is 0. The summed E-state index contributed by atoms with van der Waals surface area (Å²) in [5, 5.41) is 8.64. The van der Waals surface area contributed by atoms with Gasteiger partial charge in [-0.3, -0.25) is 4.79 Å². The van der Waals surface area contributed by atoms with Gasteiger partial charge in [-0.15, -0.1) is 0 Å². The molecule has 0 aliphatic heterocycles. The van der Waals surface area contributed by atoms with E-state index in [9.17, 15) is 13.6 Å². The third-order valence-electron chi connectivity index (χ3n) is 1.77. The van der Waals surface area contributed by atoms with Crippen molar-refractivity contribution < 1.29 is 13.6 Å². The van der Waals surface area contributed by atoms with Gasteiger partial charge in [0.15, 0.2) is 6.29 Å². The Morgan fingerprint density at radius 3 is 2.73 bits per heavy atom. The van der Waals surface area contributed by atoms with Crippen molar-refractivity contribution in [2.75, 3.05) is 0 Å². The van der Waals surface area contributed by atoms with Crippen LogP contribution in [0.25, 0.3) is 0 Å². The number of carbonyl (C=O) groups is 1. The Bertz CT molecular complexity index is 429. The second-order valence-corrected chi connectivity index (χ2v) is 3.19. The van der Waals surface area contributed by atoms with Crippen LogP contribution in [-0.2, 0) is 5.33 Å². The largest absolute Gasteiger partial charge is 0.298 e. The first-order valence-electron chi connectivity index (χ1n) is 3.87. The monoisotopic (exact) mass is 274 g/mol. The van der Waals surface area contributed by atoms with Crippen LogP contribution in [0, 0.1) is 11.3 Å². The molecule has 0 radical (unpaired) electrons. The van der Waals surface area contributed by atoms with Gasteiger partial charge in [0.1, 0.15) is 17.5 Å². The van der Waals surface area contributed by atoms with Crippen molar-refractivity contribution in [3.05, 3.63) is 28.6 Å². The smallest absolute Gasteiger partial charge is 0.280 e. The maximum Gasteiger partial charge on any atom is 0.280 e. The van der Waals surface area contributed by atoms with E-state index in [1.165, 1.54) is 6.07 Å². The molecule has 1 heterocycles. The summed E-state index contributed by atoms with van der Waals surface area (Å²) in [5.74, 6) is 0. The first-order chi connectivity index (χ1) is 7.13. The summed E-state index contributed by atoms with van der Waals surface area (Å²) in [6, 6.07) is 2.82. The fourth-order valence-electron chi connectivity index (χ4n) is 1.10. The van der Waals surface area contributed by atoms with Gasteiger partial charge >= 0.3 is 0 Å². The minimum atomic E-state index is -2.80. The number of aldehydes is 1. The molecule has 3 nitrogen and oxygen atoms in total. The molecule has 0 fully saturated rings. The number of pyridine rings is 1. The van der Waals surface area contributed by atoms with Crippen LogP contribution in [0.4, 0.5) is 8.78 Å². The topological polar surface area (TPSA) is 53.8 Å². The molecule has 0 unspecified atom stereocenters. The van der Waals surface area contributed by atoms with Crippen LogP contribution in [0.3, 0.4) is 0 Å². The maximum atomic E-state index is 12.5. The van der Waals surface area contributed by atoms with E-state index in [0.29, 0.717) is 6.29 Å². The Labute approximate surface area is 92.9 Å². The predicted octanol–water partition coefficient (Wildman–Crippen LogP) is 2.60. The molecule has 1 rings (SSSR count). The molecular weight excluding hydrogens is 270 g/mol. The molecule has 15 heavy (non-hydrogen) atoms. The molecule has 1 aromatic heterocycles. The summed E-state index contributed by atoms with van der Waals surface area (Å²) >= 11 is 3.00. The first kappa shape index (κ1) is 11.7. The molecule has 6 heteroatoms. The third-order valence-corrected chi connectivity index (χ3v) is 2.33. The summed E-state index contributed by atoms with van der Waals surface area (Å²) in [4.78, 5) is 14.1. The lowest BCUT2D eigenvalue weighted by Gasteiger charge is -2.07. The number of aromatic nitrogens is 1. The van der Waals surface area contributed by atoms with Crippen molar-refractivity contribution in [3.8, 4) is 6.07 Å². The zero-order valence-electron chi connectivity index (χ0n) is 7.38. The van der Waals surface area contributed by atoms with Gasteiger partial charge in [-0.1, -0.05) is 15.9 Å². The number of alkyl halides is 3. The highest BCUT2D eigenvalue weighted by Gasteiger charge is 2.18. The van der Waals surface area contributed by atoms with E-state index >= 15 is 0 Å². The van der Waals surface area contributed by atoms with Crippen molar-refractivity contribution in [2.24, 2.45) is 0 Å². The second-order valence-electron chi connectivity index (χ2n) is 2.62. The van der Waals surface area contributed by atoms with Gasteiger partial charge in [0.2, 0.25) is 0 Å². The molecule has 0 N–H and O–H groups in total. The average molecular weight is 275 g/mol. The molecule has 0 bridgehead atoms. The van der Waals surface area contributed by atoms with Gasteiger partial charge in [0, 0.05) is 16.5 Å². The van der Waals surface area contributed by atoms with Gasteiger partial charge < -0.3 is 0 Å². The Balaban J connectivity index is 3.47. The van der Waals surface area contributed by atoms with Gasteiger partial charge in [-0.25, -0.2) is 13.8 Å². The minimum Gasteiger partial charge on any atom is -0.298 e. The predicted molar refractivity (Wildman–Crippen MR) is 51.9 cm³/mol. The van der Waals surface area contributed by atoms with Crippen molar-refractivity contribution in [1.29, 1.82) is 5.26 Å². The number of carbonyl (C=O) groups excluding carboxylic acids is 1. The number of nitriles is 1. The standard InChI is InChI=1S/C9H5BrF2N2O/c10-2-7-5(4-15)1-6(3-13)14-8(7)9(11)12/h1,4,9H,2H2. The van der Waals surface area contributed by atoms with Crippen molar-refractivity contribution in [1.82, 2.24) is 4.98 Å². The molecule has 0 saturated heterocycles. The molecule has 0 saturated carbocycles. The molecule has 0 amide bonds. The summed E-state index contributed by atoms with van der Waals surface area (Å²) in [6.45, 7) is 0. The Hall–Kier alpha value is -1.35. The van der Waals surface area contributed by atoms with Crippen LogP contribution in [0.1, 0.15) is 33.7 Å². The van der Waals surface area contributed by atoms with Crippen LogP contribution >= 0.6 is 15.9 Å². The Kier molecular flexibility index (Phi) is 3.86. The quantitative estimate of drug-likeness (QED) is 0.629. The number of halogens is 3. The van der Waals surface area contributed by atoms with E-state index in [1.54, 1.807) is 6.07 Å². The summed E-state index contributed by atoms with van der Waals surface area (Å²) in [7, 11) is 0. The van der Waals surface area contributed by atoms with Crippen LogP contribution in [0.5, 0.6) is 0 Å². The second kappa shape index (κ2) is 4.94. The first-order valence-corrected chi connectivity index (χ1v) is 4.99. The maximum absolute atomic E-state index is 12.5. The molecule has 0 aliphatic carbocycles. The highest BCUT2D eigenvalue weighted by molar-refractivity contribution is 9.08. The van der Waals surface area contributed by atoms with E-state index in [1.807, 2.05) is 0 Å². The van der Waals surface area contributed by atoms with E-state index in [4.69, 9.17) is 5.26 Å². The molecule has 1 aromatic rings. The molecular formula is C9H5BrF2N2O. The normalized spacial score (nSPS) is 10.1. The average Bonchev–Trinajstić information content (AvgIpc) is 2.26. The van der Waals surface area contributed by atoms with E-state index in [0.717, 1.165) is 0 Å². The highest BCUT2D eigenvalue weighted by atomic mass is 79.9. The van der Waals surface area contributed by atoms with E-state index in [2.05, 4.69) is 20.9 Å². The summed E-state index contributed by atoms with van der Waals surface area (Å²) in [6.07, 6.45) is -2.37. The van der Waals surface area contributed by atoms with Gasteiger partial charge in [-0.2, -0.15) is 5.26 Å². The lowest BCUT2D eigenvalue weighted by atomic mass is 10.1. The summed E-state index contributed by atoms with van der Waals surface area (Å²) in [5.41, 5.74) is -0.516. The number of hydrogen-bond acceptors (Lipinski definition) is 3. The zero-order chi connectivity index (χ0) is 11.4. The fourth-order valence-corrected chi connectivity index (χ4v) is 1.71. The van der Waals surface area contributed by atoms with Crippen molar-refractivity contribution in [2.45, 2.75) is 11.8 Å². The molecule has 78 valence electrons. The molecule has 0 atom stereocenters. The lowest BCUT2D eigenvalue weighted by molar-refractivity contribution is 0.112. The summed E-state index contributed by atoms with van der Waals surface area (Å²) < 4.78 is 25.1. The Morgan fingerprint density at radius 2 is 2.33 bits per heavy atom. The van der Waals surface area contributed by atoms with Crippen LogP contribution in [0.15, 0.2) is 6.07 Å². The van der Waals surface area contributed by atoms with Gasteiger partial charge in [-0.05, 0) is 6.07 Å². The zero-order valence-corrected chi connectivity index (χ0v) is 8.96. The van der Waals surface area contributed by atoms with E-state index in [-0.39, 0.29) is 22.2 Å². The fraction of sp³-hybridized carbons (Fsp3) is 0.222. The van der Waals surface area contributed by atoms with Crippen molar-refractivity contribution in [3.63, 3.8) is 0 Å². The molecule has 0 aromatic carbocycles. The van der Waals surface area contributed by atoms with Crippen LogP contribution < -0.4 is 0 Å².